The summed E-state index contributed by atoms with van der Waals surface area (Å²) >= 11 is 0. The normalized spacial score (nSPS) is 11.8. The van der Waals surface area contributed by atoms with E-state index < -0.39 is 5.97 Å². The third-order valence-corrected chi connectivity index (χ3v) is 1.72. The fourth-order valence-corrected chi connectivity index (χ4v) is 1.06. The van der Waals surface area contributed by atoms with Gasteiger partial charge in [0.1, 0.15) is 0 Å². The van der Waals surface area contributed by atoms with E-state index in [1.54, 1.807) is 6.08 Å². The lowest BCUT2D eigenvalue weighted by atomic mass is 10.2. The first-order chi connectivity index (χ1) is 6.56. The molecule has 0 aromatic rings. The summed E-state index contributed by atoms with van der Waals surface area (Å²) < 4.78 is 0. The highest BCUT2D eigenvalue weighted by atomic mass is 16.4. The molecule has 0 bridgehead atoms. The first-order valence-electron chi connectivity index (χ1n) is 4.68. The van der Waals surface area contributed by atoms with Crippen molar-refractivity contribution in [3.63, 3.8) is 0 Å². The highest BCUT2D eigenvalue weighted by Gasteiger charge is 2.06. The first kappa shape index (κ1) is 12.7. The molecular weight excluding hydrogens is 182 g/mol. The minimum Gasteiger partial charge on any atom is -0.481 e. The third kappa shape index (κ3) is 7.34. The number of carbonyl (C=O) groups excluding carboxylic acids is 1. The molecule has 1 unspecified atom stereocenters. The van der Waals surface area contributed by atoms with Gasteiger partial charge in [-0.3, -0.25) is 9.59 Å². The van der Waals surface area contributed by atoms with Gasteiger partial charge in [0.2, 0.25) is 5.91 Å². The number of carboxylic acid groups (broad SMARTS) is 1. The number of nitrogens with one attached hydrogen (secondary N) is 1. The second kappa shape index (κ2) is 7.12. The number of carboxylic acids is 1. The van der Waals surface area contributed by atoms with Crippen LogP contribution >= 0.6 is 0 Å². The van der Waals surface area contributed by atoms with Gasteiger partial charge in [-0.2, -0.15) is 0 Å². The Balaban J connectivity index is 3.54. The zero-order chi connectivity index (χ0) is 11.0. The molecule has 0 heterocycles. The molecule has 0 aliphatic carbocycles. The van der Waals surface area contributed by atoms with Crippen LogP contribution in [-0.4, -0.2) is 23.0 Å². The van der Waals surface area contributed by atoms with Gasteiger partial charge in [0.15, 0.2) is 0 Å². The monoisotopic (exact) mass is 199 g/mol. The van der Waals surface area contributed by atoms with Gasteiger partial charge in [-0.05, 0) is 19.8 Å². The van der Waals surface area contributed by atoms with E-state index >= 15 is 0 Å². The predicted molar refractivity (Wildman–Crippen MR) is 53.9 cm³/mol. The summed E-state index contributed by atoms with van der Waals surface area (Å²) in [6.07, 6.45) is 3.17. The van der Waals surface area contributed by atoms with Gasteiger partial charge in [-0.25, -0.2) is 0 Å². The molecule has 0 aliphatic heterocycles. The zero-order valence-corrected chi connectivity index (χ0v) is 8.45. The minimum atomic E-state index is -0.864. The number of aliphatic carboxylic acids is 1. The van der Waals surface area contributed by atoms with Crippen LogP contribution in [0.25, 0.3) is 0 Å². The van der Waals surface area contributed by atoms with Crippen LogP contribution in [0.3, 0.4) is 0 Å². The Bertz CT molecular complexity index is 213. The van der Waals surface area contributed by atoms with Gasteiger partial charge in [0.25, 0.3) is 0 Å². The largest absolute Gasteiger partial charge is 0.481 e. The molecule has 0 aromatic heterocycles. The summed E-state index contributed by atoms with van der Waals surface area (Å²) in [5.41, 5.74) is 0. The molecule has 0 rings (SSSR count). The van der Waals surface area contributed by atoms with Crippen LogP contribution in [0, 0.1) is 0 Å². The van der Waals surface area contributed by atoms with Gasteiger partial charge in [-0.15, -0.1) is 6.58 Å². The molecule has 4 nitrogen and oxygen atoms in total. The average molecular weight is 199 g/mol. The molecule has 4 heteroatoms. The van der Waals surface area contributed by atoms with E-state index in [0.717, 1.165) is 6.42 Å². The van der Waals surface area contributed by atoms with Gasteiger partial charge in [0, 0.05) is 18.9 Å². The van der Waals surface area contributed by atoms with E-state index in [9.17, 15) is 9.59 Å². The second-order valence-corrected chi connectivity index (χ2v) is 3.24. The molecule has 0 fully saturated rings. The molecule has 0 saturated heterocycles. The lowest BCUT2D eigenvalue weighted by molar-refractivity contribution is -0.137. The topological polar surface area (TPSA) is 66.4 Å². The molecule has 1 amide bonds. The highest BCUT2D eigenvalue weighted by Crippen LogP contribution is 1.97. The minimum absolute atomic E-state index is 0.0449. The summed E-state index contributed by atoms with van der Waals surface area (Å²) in [5.74, 6) is -0.961. The van der Waals surface area contributed by atoms with Gasteiger partial charge >= 0.3 is 5.97 Å². The van der Waals surface area contributed by atoms with E-state index in [1.165, 1.54) is 0 Å². The Morgan fingerprint density at radius 3 is 2.64 bits per heavy atom. The van der Waals surface area contributed by atoms with Crippen LogP contribution in [0.15, 0.2) is 12.7 Å². The van der Waals surface area contributed by atoms with E-state index in [-0.39, 0.29) is 24.8 Å². The lowest BCUT2D eigenvalue weighted by Crippen LogP contribution is -2.31. The molecule has 80 valence electrons. The molecule has 0 aromatic carbocycles. The van der Waals surface area contributed by atoms with Crippen LogP contribution in [0.1, 0.15) is 32.6 Å². The van der Waals surface area contributed by atoms with Crippen molar-refractivity contribution in [2.45, 2.75) is 38.6 Å². The summed E-state index contributed by atoms with van der Waals surface area (Å²) in [6, 6.07) is 0.0739. The molecule has 2 N–H and O–H groups in total. The Labute approximate surface area is 84.0 Å². The van der Waals surface area contributed by atoms with Crippen LogP contribution in [-0.2, 0) is 9.59 Å². The van der Waals surface area contributed by atoms with E-state index in [1.807, 2.05) is 6.92 Å². The number of rotatable bonds is 7. The van der Waals surface area contributed by atoms with Crippen molar-refractivity contribution in [1.29, 1.82) is 0 Å². The molecule has 0 spiro atoms. The van der Waals surface area contributed by atoms with Crippen molar-refractivity contribution in [2.24, 2.45) is 0 Å². The number of hydrogen-bond acceptors (Lipinski definition) is 2. The fraction of sp³-hybridized carbons (Fsp3) is 0.600. The number of amides is 1. The SMILES string of the molecule is C=CCC(C)NC(=O)CCCC(=O)O. The molecule has 1 atom stereocenters. The van der Waals surface area contributed by atoms with Gasteiger partial charge in [-0.1, -0.05) is 6.08 Å². The maximum absolute atomic E-state index is 11.2. The van der Waals surface area contributed by atoms with Crippen molar-refractivity contribution < 1.29 is 14.7 Å². The number of carbonyl (C=O) groups is 2. The summed E-state index contributed by atoms with van der Waals surface area (Å²) in [6.45, 7) is 5.45. The molecular formula is C10H17NO3. The van der Waals surface area contributed by atoms with Crippen molar-refractivity contribution in [3.05, 3.63) is 12.7 Å². The lowest BCUT2D eigenvalue weighted by Gasteiger charge is -2.10. The Kier molecular flexibility index (Phi) is 6.45. The second-order valence-electron chi connectivity index (χ2n) is 3.24. The Hall–Kier alpha value is -1.32. The summed E-state index contributed by atoms with van der Waals surface area (Å²) in [4.78, 5) is 21.3. The van der Waals surface area contributed by atoms with Crippen LogP contribution in [0.2, 0.25) is 0 Å². The number of hydrogen-bond donors (Lipinski definition) is 2. The molecule has 0 aliphatic rings. The fourth-order valence-electron chi connectivity index (χ4n) is 1.06. The summed E-state index contributed by atoms with van der Waals surface area (Å²) in [5, 5.41) is 11.1. The van der Waals surface area contributed by atoms with E-state index in [2.05, 4.69) is 11.9 Å². The van der Waals surface area contributed by atoms with Crippen LogP contribution in [0.5, 0.6) is 0 Å². The standard InChI is InChI=1S/C10H17NO3/c1-3-5-8(2)11-9(12)6-4-7-10(13)14/h3,8H,1,4-7H2,2H3,(H,11,12)(H,13,14). The molecule has 14 heavy (non-hydrogen) atoms. The van der Waals surface area contributed by atoms with Gasteiger partial charge < -0.3 is 10.4 Å². The average Bonchev–Trinajstić information content (AvgIpc) is 2.03. The van der Waals surface area contributed by atoms with Crippen molar-refractivity contribution >= 4 is 11.9 Å². The Morgan fingerprint density at radius 1 is 1.50 bits per heavy atom. The smallest absolute Gasteiger partial charge is 0.303 e. The van der Waals surface area contributed by atoms with Crippen molar-refractivity contribution in [3.8, 4) is 0 Å². The van der Waals surface area contributed by atoms with Crippen molar-refractivity contribution in [1.82, 2.24) is 5.32 Å². The maximum atomic E-state index is 11.2. The molecule has 0 saturated carbocycles. The molecule has 0 radical (unpaired) electrons. The Morgan fingerprint density at radius 2 is 2.14 bits per heavy atom. The highest BCUT2D eigenvalue weighted by molar-refractivity contribution is 5.77. The maximum Gasteiger partial charge on any atom is 0.303 e. The van der Waals surface area contributed by atoms with Crippen LogP contribution < -0.4 is 5.32 Å². The predicted octanol–water partition coefficient (Wildman–Crippen LogP) is 1.32. The first-order valence-corrected chi connectivity index (χ1v) is 4.68. The van der Waals surface area contributed by atoms with E-state index in [0.29, 0.717) is 6.42 Å². The third-order valence-electron chi connectivity index (χ3n) is 1.72. The zero-order valence-electron chi connectivity index (χ0n) is 8.45. The summed E-state index contributed by atoms with van der Waals surface area (Å²) in [7, 11) is 0. The quantitative estimate of drug-likeness (QED) is 0.608. The van der Waals surface area contributed by atoms with E-state index in [4.69, 9.17) is 5.11 Å². The van der Waals surface area contributed by atoms with Gasteiger partial charge in [0.05, 0.1) is 0 Å². The van der Waals surface area contributed by atoms with Crippen molar-refractivity contribution in [2.75, 3.05) is 0 Å². The van der Waals surface area contributed by atoms with Crippen LogP contribution in [0.4, 0.5) is 0 Å².